The molecule has 1 aromatic heterocycles. The first kappa shape index (κ1) is 18.0. The molecule has 1 N–H and O–H groups in total. The van der Waals surface area contributed by atoms with Crippen molar-refractivity contribution in [2.45, 2.75) is 26.8 Å². The van der Waals surface area contributed by atoms with E-state index in [4.69, 9.17) is 14.5 Å². The van der Waals surface area contributed by atoms with Crippen LogP contribution < -0.4 is 10.1 Å². The van der Waals surface area contributed by atoms with Gasteiger partial charge in [0.2, 0.25) is 0 Å². The fraction of sp³-hybridized carbons (Fsp3) is 0.333. The van der Waals surface area contributed by atoms with E-state index < -0.39 is 0 Å². The lowest BCUT2D eigenvalue weighted by Crippen LogP contribution is -2.09. The quantitative estimate of drug-likeness (QED) is 0.582. The first-order valence-electron chi connectivity index (χ1n) is 7.63. The van der Waals surface area contributed by atoms with Gasteiger partial charge in [-0.05, 0) is 32.9 Å². The topological polar surface area (TPSA) is 55.7 Å². The zero-order valence-electron chi connectivity index (χ0n) is 14.7. The van der Waals surface area contributed by atoms with E-state index in [0.29, 0.717) is 11.8 Å². The Morgan fingerprint density at radius 2 is 2.08 bits per heavy atom. The molecule has 0 radical (unpaired) electrons. The summed E-state index contributed by atoms with van der Waals surface area (Å²) in [6.07, 6.45) is 0. The molecule has 2 aromatic rings. The summed E-state index contributed by atoms with van der Waals surface area (Å²) < 4.78 is 10.6. The van der Waals surface area contributed by atoms with Crippen LogP contribution in [0.15, 0.2) is 35.2 Å². The summed E-state index contributed by atoms with van der Waals surface area (Å²) in [6, 6.07) is 5.96. The van der Waals surface area contributed by atoms with Gasteiger partial charge in [0, 0.05) is 23.1 Å². The summed E-state index contributed by atoms with van der Waals surface area (Å²) in [6.45, 7) is 10.0. The number of aromatic nitrogens is 1. The van der Waals surface area contributed by atoms with E-state index in [2.05, 4.69) is 30.7 Å². The van der Waals surface area contributed by atoms with Crippen LogP contribution in [0.3, 0.4) is 0 Å². The van der Waals surface area contributed by atoms with Gasteiger partial charge in [-0.2, -0.15) is 0 Å². The Kier molecular flexibility index (Phi) is 5.98. The lowest BCUT2D eigenvalue weighted by Gasteiger charge is -2.10. The van der Waals surface area contributed by atoms with E-state index in [1.807, 2.05) is 30.5 Å². The maximum atomic E-state index is 5.30. The Labute approximate surface area is 147 Å². The van der Waals surface area contributed by atoms with E-state index in [9.17, 15) is 0 Å². The Morgan fingerprint density at radius 1 is 1.33 bits per heavy atom. The number of hydrogen-bond acceptors (Lipinski definition) is 6. The van der Waals surface area contributed by atoms with Crippen molar-refractivity contribution in [3.63, 3.8) is 0 Å². The number of anilines is 1. The predicted molar refractivity (Wildman–Crippen MR) is 102 cm³/mol. The average molecular weight is 345 g/mol. The van der Waals surface area contributed by atoms with Gasteiger partial charge in [0.1, 0.15) is 11.5 Å². The standard InChI is InChI=1S/C18H23N3O2S/c1-11(2)19-18-21-17(10-24-18)12(3)20-16-9-14(23-6)7-8-15(16)13(4)22-5/h7-11H,4H2,1-3,5-6H3,(H,19,21). The number of nitrogens with zero attached hydrogens (tertiary/aromatic N) is 2. The fourth-order valence-corrected chi connectivity index (χ4v) is 2.97. The van der Waals surface area contributed by atoms with Crippen molar-refractivity contribution >= 4 is 33.6 Å². The van der Waals surface area contributed by atoms with Gasteiger partial charge in [-0.25, -0.2) is 4.98 Å². The zero-order valence-corrected chi connectivity index (χ0v) is 15.5. The third kappa shape index (κ3) is 4.35. The van der Waals surface area contributed by atoms with E-state index in [1.165, 1.54) is 0 Å². The van der Waals surface area contributed by atoms with Crippen LogP contribution in [0.2, 0.25) is 0 Å². The summed E-state index contributed by atoms with van der Waals surface area (Å²) in [5, 5.41) is 6.18. The molecule has 0 bridgehead atoms. The molecule has 128 valence electrons. The van der Waals surface area contributed by atoms with Crippen LogP contribution in [-0.4, -0.2) is 31.0 Å². The molecule has 1 aromatic carbocycles. The molecule has 0 aliphatic carbocycles. The van der Waals surface area contributed by atoms with Gasteiger partial charge in [-0.15, -0.1) is 11.3 Å². The van der Waals surface area contributed by atoms with Crippen molar-refractivity contribution in [3.8, 4) is 5.75 Å². The summed E-state index contributed by atoms with van der Waals surface area (Å²) in [5.74, 6) is 1.29. The summed E-state index contributed by atoms with van der Waals surface area (Å²) in [4.78, 5) is 9.29. The lowest BCUT2D eigenvalue weighted by atomic mass is 10.1. The highest BCUT2D eigenvalue weighted by Gasteiger charge is 2.11. The number of hydrogen-bond donors (Lipinski definition) is 1. The SMILES string of the molecule is C=C(OC)c1ccc(OC)cc1N=C(C)c1csc(NC(C)C)n1. The van der Waals surface area contributed by atoms with Gasteiger partial charge in [0.25, 0.3) is 0 Å². The summed E-state index contributed by atoms with van der Waals surface area (Å²) >= 11 is 1.57. The Morgan fingerprint density at radius 3 is 2.71 bits per heavy atom. The Bertz CT molecular complexity index is 750. The fourth-order valence-electron chi connectivity index (χ4n) is 2.07. The molecule has 2 rings (SSSR count). The molecule has 6 heteroatoms. The Hall–Kier alpha value is -2.34. The van der Waals surface area contributed by atoms with Gasteiger partial charge in [0.05, 0.1) is 31.3 Å². The highest BCUT2D eigenvalue weighted by atomic mass is 32.1. The molecule has 0 amide bonds. The molecule has 0 aliphatic rings. The van der Waals surface area contributed by atoms with Crippen LogP contribution in [0.4, 0.5) is 10.8 Å². The zero-order chi connectivity index (χ0) is 17.7. The molecule has 0 spiro atoms. The van der Waals surface area contributed by atoms with Crippen molar-refractivity contribution in [2.24, 2.45) is 4.99 Å². The first-order valence-corrected chi connectivity index (χ1v) is 8.51. The second-order valence-corrected chi connectivity index (χ2v) is 6.40. The monoisotopic (exact) mass is 345 g/mol. The average Bonchev–Trinajstić information content (AvgIpc) is 3.01. The van der Waals surface area contributed by atoms with Gasteiger partial charge in [0.15, 0.2) is 5.13 Å². The third-order valence-electron chi connectivity index (χ3n) is 3.33. The van der Waals surface area contributed by atoms with Gasteiger partial charge >= 0.3 is 0 Å². The van der Waals surface area contributed by atoms with Crippen molar-refractivity contribution in [1.29, 1.82) is 0 Å². The van der Waals surface area contributed by atoms with Crippen LogP contribution in [0.5, 0.6) is 5.75 Å². The van der Waals surface area contributed by atoms with Crippen LogP contribution in [-0.2, 0) is 4.74 Å². The van der Waals surface area contributed by atoms with Crippen molar-refractivity contribution in [3.05, 3.63) is 41.4 Å². The van der Waals surface area contributed by atoms with Gasteiger partial charge < -0.3 is 14.8 Å². The van der Waals surface area contributed by atoms with Crippen LogP contribution in [0.25, 0.3) is 5.76 Å². The van der Waals surface area contributed by atoms with E-state index in [-0.39, 0.29) is 0 Å². The predicted octanol–water partition coefficient (Wildman–Crippen LogP) is 4.73. The Balaban J connectivity index is 2.37. The van der Waals surface area contributed by atoms with Crippen molar-refractivity contribution in [1.82, 2.24) is 4.98 Å². The normalized spacial score (nSPS) is 11.5. The van der Waals surface area contributed by atoms with E-state index in [1.54, 1.807) is 25.6 Å². The number of ether oxygens (including phenoxy) is 2. The van der Waals surface area contributed by atoms with Crippen molar-refractivity contribution < 1.29 is 9.47 Å². The molecule has 1 heterocycles. The second kappa shape index (κ2) is 7.97. The first-order chi connectivity index (χ1) is 11.4. The lowest BCUT2D eigenvalue weighted by molar-refractivity contribution is 0.371. The number of thiazole rings is 1. The van der Waals surface area contributed by atoms with Crippen molar-refractivity contribution in [2.75, 3.05) is 19.5 Å². The van der Waals surface area contributed by atoms with E-state index >= 15 is 0 Å². The molecular formula is C18H23N3O2S. The second-order valence-electron chi connectivity index (χ2n) is 5.54. The molecule has 0 unspecified atom stereocenters. The number of aliphatic imine (C=N–C) groups is 1. The minimum Gasteiger partial charge on any atom is -0.497 e. The minimum absolute atomic E-state index is 0.344. The minimum atomic E-state index is 0.344. The van der Waals surface area contributed by atoms with E-state index in [0.717, 1.165) is 33.5 Å². The summed E-state index contributed by atoms with van der Waals surface area (Å²) in [5.41, 5.74) is 3.24. The largest absolute Gasteiger partial charge is 0.497 e. The number of rotatable bonds is 7. The maximum absolute atomic E-state index is 5.30. The molecule has 5 nitrogen and oxygen atoms in total. The number of nitrogens with one attached hydrogen (secondary N) is 1. The molecule has 0 saturated heterocycles. The smallest absolute Gasteiger partial charge is 0.183 e. The van der Waals surface area contributed by atoms with Gasteiger partial charge in [-0.3, -0.25) is 4.99 Å². The molecule has 0 fully saturated rings. The highest BCUT2D eigenvalue weighted by molar-refractivity contribution is 7.13. The van der Waals surface area contributed by atoms with Crippen LogP contribution >= 0.6 is 11.3 Å². The highest BCUT2D eigenvalue weighted by Crippen LogP contribution is 2.31. The third-order valence-corrected chi connectivity index (χ3v) is 4.10. The maximum Gasteiger partial charge on any atom is 0.183 e. The van der Waals surface area contributed by atoms with Crippen LogP contribution in [0, 0.1) is 0 Å². The molecule has 0 saturated carbocycles. The molecule has 24 heavy (non-hydrogen) atoms. The number of methoxy groups -OCH3 is 2. The molecular weight excluding hydrogens is 322 g/mol. The van der Waals surface area contributed by atoms with Crippen LogP contribution in [0.1, 0.15) is 32.0 Å². The number of benzene rings is 1. The molecule has 0 aliphatic heterocycles. The summed E-state index contributed by atoms with van der Waals surface area (Å²) in [7, 11) is 3.22. The van der Waals surface area contributed by atoms with Gasteiger partial charge in [-0.1, -0.05) is 6.58 Å². The molecule has 0 atom stereocenters.